The Morgan fingerprint density at radius 1 is 1.09 bits per heavy atom. The fourth-order valence-electron chi connectivity index (χ4n) is 3.08. The number of nitrogens with one attached hydrogen (secondary N) is 3. The predicted octanol–water partition coefficient (Wildman–Crippen LogP) is 2.09. The summed E-state index contributed by atoms with van der Waals surface area (Å²) < 4.78 is 32.7. The molecule has 1 fully saturated rings. The van der Waals surface area contributed by atoms with Crippen LogP contribution in [-0.4, -0.2) is 48.5 Å². The van der Waals surface area contributed by atoms with Crippen LogP contribution in [0.2, 0.25) is 0 Å². The SMILES string of the molecule is O=C(NC(=S)Nc1ccc(S(=O)(=O)NCC2CCCO2)cc1)c1cc([N+](=O)[O-])cc([N+](=O)[O-])c1. The number of non-ortho nitro benzene ring substituents is 2. The molecule has 0 saturated carbocycles. The highest BCUT2D eigenvalue weighted by Gasteiger charge is 2.22. The molecule has 15 heteroatoms. The van der Waals surface area contributed by atoms with Crippen LogP contribution in [0.25, 0.3) is 0 Å². The van der Waals surface area contributed by atoms with E-state index in [4.69, 9.17) is 17.0 Å². The van der Waals surface area contributed by atoms with Crippen molar-refractivity contribution in [2.24, 2.45) is 0 Å². The lowest BCUT2D eigenvalue weighted by molar-refractivity contribution is -0.394. The van der Waals surface area contributed by atoms with Gasteiger partial charge in [-0.25, -0.2) is 13.1 Å². The molecule has 3 N–H and O–H groups in total. The average Bonchev–Trinajstić information content (AvgIpc) is 3.31. The van der Waals surface area contributed by atoms with E-state index in [9.17, 15) is 33.4 Å². The van der Waals surface area contributed by atoms with Crippen molar-refractivity contribution in [1.82, 2.24) is 10.0 Å². The molecule has 13 nitrogen and oxygen atoms in total. The van der Waals surface area contributed by atoms with Gasteiger partial charge in [-0.2, -0.15) is 0 Å². The molecule has 2 aromatic rings. The first-order valence-corrected chi connectivity index (χ1v) is 11.7. The number of nitro groups is 2. The first kappa shape index (κ1) is 25.1. The van der Waals surface area contributed by atoms with E-state index in [1.165, 1.54) is 24.3 Å². The maximum absolute atomic E-state index is 12.4. The molecule has 0 radical (unpaired) electrons. The highest BCUT2D eigenvalue weighted by molar-refractivity contribution is 7.89. The fraction of sp³-hybridized carbons (Fsp3) is 0.263. The molecule has 0 aromatic heterocycles. The second-order valence-corrected chi connectivity index (χ2v) is 9.35. The van der Waals surface area contributed by atoms with Gasteiger partial charge in [-0.05, 0) is 49.3 Å². The molecule has 1 aliphatic rings. The van der Waals surface area contributed by atoms with Crippen molar-refractivity contribution in [2.45, 2.75) is 23.8 Å². The lowest BCUT2D eigenvalue weighted by atomic mass is 10.1. The molecule has 2 aromatic carbocycles. The summed E-state index contributed by atoms with van der Waals surface area (Å²) in [5, 5.41) is 26.7. The monoisotopic (exact) mass is 509 g/mol. The summed E-state index contributed by atoms with van der Waals surface area (Å²) in [6, 6.07) is 8.04. The summed E-state index contributed by atoms with van der Waals surface area (Å²) in [5.74, 6) is -0.901. The predicted molar refractivity (Wildman–Crippen MR) is 124 cm³/mol. The van der Waals surface area contributed by atoms with E-state index in [1.54, 1.807) is 0 Å². The standard InChI is InChI=1S/C19H19N5O8S2/c25-18(12-8-14(23(26)27)10-15(9-12)24(28)29)22-19(33)21-13-3-5-17(6-4-13)34(30,31)20-11-16-2-1-7-32-16/h3-6,8-10,16,20H,1-2,7,11H2,(H2,21,22,25,33). The Morgan fingerprint density at radius 2 is 1.71 bits per heavy atom. The van der Waals surface area contributed by atoms with E-state index in [-0.39, 0.29) is 28.2 Å². The molecular weight excluding hydrogens is 490 g/mol. The van der Waals surface area contributed by atoms with Crippen molar-refractivity contribution in [3.8, 4) is 0 Å². The molecule has 0 aliphatic carbocycles. The molecule has 1 aliphatic heterocycles. The number of benzene rings is 2. The summed E-state index contributed by atoms with van der Waals surface area (Å²) in [5.41, 5.74) is -1.22. The van der Waals surface area contributed by atoms with Crippen LogP contribution in [0.3, 0.4) is 0 Å². The molecule has 34 heavy (non-hydrogen) atoms. The Balaban J connectivity index is 1.62. The number of sulfonamides is 1. The van der Waals surface area contributed by atoms with Crippen molar-refractivity contribution in [2.75, 3.05) is 18.5 Å². The van der Waals surface area contributed by atoms with E-state index in [2.05, 4.69) is 15.4 Å². The number of hydrogen-bond donors (Lipinski definition) is 3. The Kier molecular flexibility index (Phi) is 7.83. The number of rotatable bonds is 8. The summed E-state index contributed by atoms with van der Waals surface area (Å²) in [6.07, 6.45) is 1.53. The second-order valence-electron chi connectivity index (χ2n) is 7.17. The van der Waals surface area contributed by atoms with Gasteiger partial charge in [0.2, 0.25) is 10.0 Å². The van der Waals surface area contributed by atoms with Gasteiger partial charge in [-0.3, -0.25) is 30.3 Å². The fourth-order valence-corrected chi connectivity index (χ4v) is 4.36. The smallest absolute Gasteiger partial charge is 0.277 e. The van der Waals surface area contributed by atoms with Crippen molar-refractivity contribution in [3.63, 3.8) is 0 Å². The van der Waals surface area contributed by atoms with Crippen LogP contribution in [0.15, 0.2) is 47.4 Å². The number of ether oxygens (including phenoxy) is 1. The van der Waals surface area contributed by atoms with E-state index in [0.717, 1.165) is 31.0 Å². The van der Waals surface area contributed by atoms with Gasteiger partial charge in [0.25, 0.3) is 17.3 Å². The molecule has 3 rings (SSSR count). The first-order chi connectivity index (χ1) is 16.0. The third-order valence-corrected chi connectivity index (χ3v) is 6.40. The van der Waals surface area contributed by atoms with Crippen molar-refractivity contribution >= 4 is 50.3 Å². The van der Waals surface area contributed by atoms with E-state index < -0.39 is 37.2 Å². The zero-order chi connectivity index (χ0) is 24.9. The molecule has 1 atom stereocenters. The summed E-state index contributed by atoms with van der Waals surface area (Å²) in [6.45, 7) is 0.787. The topological polar surface area (TPSA) is 183 Å². The average molecular weight is 510 g/mol. The number of nitrogens with zero attached hydrogens (tertiary/aromatic N) is 2. The molecule has 0 bridgehead atoms. The van der Waals surface area contributed by atoms with Crippen LogP contribution in [0.4, 0.5) is 17.1 Å². The van der Waals surface area contributed by atoms with Crippen LogP contribution in [-0.2, 0) is 14.8 Å². The molecule has 1 unspecified atom stereocenters. The van der Waals surface area contributed by atoms with Crippen LogP contribution in [0.1, 0.15) is 23.2 Å². The zero-order valence-electron chi connectivity index (χ0n) is 17.4. The van der Waals surface area contributed by atoms with Gasteiger partial charge >= 0.3 is 0 Å². The highest BCUT2D eigenvalue weighted by atomic mass is 32.2. The van der Waals surface area contributed by atoms with Gasteiger partial charge in [0.15, 0.2) is 5.11 Å². The number of carbonyl (C=O) groups is 1. The Morgan fingerprint density at radius 3 is 2.24 bits per heavy atom. The Hall–Kier alpha value is -3.53. The summed E-state index contributed by atoms with van der Waals surface area (Å²) in [4.78, 5) is 32.7. The third-order valence-electron chi connectivity index (χ3n) is 4.76. The first-order valence-electron chi connectivity index (χ1n) is 9.83. The number of anilines is 1. The van der Waals surface area contributed by atoms with Gasteiger partial charge in [0.05, 0.1) is 32.5 Å². The van der Waals surface area contributed by atoms with Crippen LogP contribution in [0.5, 0.6) is 0 Å². The minimum Gasteiger partial charge on any atom is -0.377 e. The van der Waals surface area contributed by atoms with Crippen molar-refractivity contribution in [3.05, 3.63) is 68.3 Å². The second kappa shape index (κ2) is 10.6. The molecule has 1 heterocycles. The van der Waals surface area contributed by atoms with Gasteiger partial charge < -0.3 is 10.1 Å². The third kappa shape index (κ3) is 6.50. The number of carbonyl (C=O) groups excluding carboxylic acids is 1. The highest BCUT2D eigenvalue weighted by Crippen LogP contribution is 2.23. The lowest BCUT2D eigenvalue weighted by Crippen LogP contribution is -2.34. The largest absolute Gasteiger partial charge is 0.377 e. The van der Waals surface area contributed by atoms with Crippen LogP contribution in [0, 0.1) is 20.2 Å². The maximum atomic E-state index is 12.4. The molecule has 1 amide bonds. The number of nitro benzene ring substituents is 2. The van der Waals surface area contributed by atoms with Crippen molar-refractivity contribution < 1.29 is 27.8 Å². The maximum Gasteiger partial charge on any atom is 0.277 e. The lowest BCUT2D eigenvalue weighted by Gasteiger charge is -2.12. The van der Waals surface area contributed by atoms with E-state index in [1.807, 2.05) is 0 Å². The van der Waals surface area contributed by atoms with Gasteiger partial charge in [-0.1, -0.05) is 0 Å². The van der Waals surface area contributed by atoms with Gasteiger partial charge in [-0.15, -0.1) is 0 Å². The number of thiocarbonyl (C=S) groups is 1. The Bertz CT molecular complexity index is 1200. The van der Waals surface area contributed by atoms with Crippen LogP contribution < -0.4 is 15.4 Å². The Labute approximate surface area is 198 Å². The molecule has 180 valence electrons. The van der Waals surface area contributed by atoms with Crippen LogP contribution >= 0.6 is 12.2 Å². The molecule has 1 saturated heterocycles. The number of hydrogen-bond acceptors (Lipinski definition) is 9. The van der Waals surface area contributed by atoms with Crippen molar-refractivity contribution in [1.29, 1.82) is 0 Å². The minimum absolute atomic E-state index is 0.0231. The summed E-state index contributed by atoms with van der Waals surface area (Å²) >= 11 is 5.03. The zero-order valence-corrected chi connectivity index (χ0v) is 19.1. The minimum atomic E-state index is -3.74. The normalized spacial score (nSPS) is 15.5. The molecule has 0 spiro atoms. The van der Waals surface area contributed by atoms with E-state index in [0.29, 0.717) is 12.3 Å². The summed E-state index contributed by atoms with van der Waals surface area (Å²) in [7, 11) is -3.74. The molecular formula is C19H19N5O8S2. The van der Waals surface area contributed by atoms with Gasteiger partial charge in [0.1, 0.15) is 0 Å². The van der Waals surface area contributed by atoms with Gasteiger partial charge in [0, 0.05) is 31.0 Å². The number of amides is 1. The van der Waals surface area contributed by atoms with E-state index >= 15 is 0 Å². The quantitative estimate of drug-likeness (QED) is 0.270.